The molecule has 0 bridgehead atoms. The Labute approximate surface area is 157 Å². The minimum Gasteiger partial charge on any atom is -0.397 e. The van der Waals surface area contributed by atoms with Gasteiger partial charge in [0, 0.05) is 12.6 Å². The summed E-state index contributed by atoms with van der Waals surface area (Å²) in [4.78, 5) is 4.36. The molecule has 0 aliphatic carbocycles. The smallest absolute Gasteiger partial charge is 0.137 e. The summed E-state index contributed by atoms with van der Waals surface area (Å²) >= 11 is 0. The predicted molar refractivity (Wildman–Crippen MR) is 108 cm³/mol. The van der Waals surface area contributed by atoms with E-state index in [-0.39, 0.29) is 5.82 Å². The number of halogens is 1. The molecule has 2 aromatic carbocycles. The molecule has 0 aliphatic rings. The van der Waals surface area contributed by atoms with E-state index in [1.807, 2.05) is 40.9 Å². The standard InChI is InChI=1S/C23H20FN3/c1-15-7-8-17(11-18-5-3-4-6-21(18)24)12-20(15)19-9-10-23-26-13-22(16(2)25)27(23)14-19/h3-10,12-14H,2,11,25H2,1H3. The van der Waals surface area contributed by atoms with Gasteiger partial charge in [-0.05, 0) is 52.9 Å². The Kier molecular flexibility index (Phi) is 4.24. The van der Waals surface area contributed by atoms with E-state index in [0.717, 1.165) is 33.6 Å². The first-order valence-corrected chi connectivity index (χ1v) is 8.78. The topological polar surface area (TPSA) is 43.3 Å². The molecule has 0 spiro atoms. The largest absolute Gasteiger partial charge is 0.397 e. The molecule has 2 aromatic heterocycles. The SMILES string of the molecule is C=C(N)c1cnc2ccc(-c3cc(Cc4ccccc4F)ccc3C)cn12. The Balaban J connectivity index is 1.77. The summed E-state index contributed by atoms with van der Waals surface area (Å²) in [5.74, 6) is -0.175. The number of pyridine rings is 1. The molecule has 27 heavy (non-hydrogen) atoms. The van der Waals surface area contributed by atoms with E-state index in [2.05, 4.69) is 30.6 Å². The zero-order chi connectivity index (χ0) is 19.0. The lowest BCUT2D eigenvalue weighted by molar-refractivity contribution is 0.614. The minimum absolute atomic E-state index is 0.175. The normalized spacial score (nSPS) is 11.0. The number of aryl methyl sites for hydroxylation is 1. The van der Waals surface area contributed by atoms with Crippen LogP contribution in [0.4, 0.5) is 4.39 Å². The summed E-state index contributed by atoms with van der Waals surface area (Å²) in [6.45, 7) is 5.89. The Hall–Kier alpha value is -3.40. The van der Waals surface area contributed by atoms with E-state index in [4.69, 9.17) is 5.73 Å². The highest BCUT2D eigenvalue weighted by molar-refractivity contribution is 5.70. The maximum atomic E-state index is 14.0. The van der Waals surface area contributed by atoms with Gasteiger partial charge in [0.25, 0.3) is 0 Å². The van der Waals surface area contributed by atoms with Crippen LogP contribution in [0.3, 0.4) is 0 Å². The van der Waals surface area contributed by atoms with E-state index >= 15 is 0 Å². The van der Waals surface area contributed by atoms with E-state index in [9.17, 15) is 4.39 Å². The van der Waals surface area contributed by atoms with Crippen molar-refractivity contribution in [3.8, 4) is 11.1 Å². The van der Waals surface area contributed by atoms with E-state index in [1.165, 1.54) is 6.07 Å². The number of imidazole rings is 1. The lowest BCUT2D eigenvalue weighted by atomic mass is 9.96. The molecule has 134 valence electrons. The maximum absolute atomic E-state index is 14.0. The third kappa shape index (κ3) is 3.22. The Morgan fingerprint density at radius 2 is 1.96 bits per heavy atom. The summed E-state index contributed by atoms with van der Waals surface area (Å²) in [6.07, 6.45) is 4.30. The molecule has 0 unspecified atom stereocenters. The first-order chi connectivity index (χ1) is 13.0. The molecule has 4 rings (SSSR count). The van der Waals surface area contributed by atoms with Crippen LogP contribution in [-0.4, -0.2) is 9.38 Å². The van der Waals surface area contributed by atoms with Crippen molar-refractivity contribution in [1.82, 2.24) is 9.38 Å². The second-order valence-corrected chi connectivity index (χ2v) is 6.73. The highest BCUT2D eigenvalue weighted by atomic mass is 19.1. The van der Waals surface area contributed by atoms with Crippen molar-refractivity contribution >= 4 is 11.3 Å². The second-order valence-electron chi connectivity index (χ2n) is 6.73. The highest BCUT2D eigenvalue weighted by Crippen LogP contribution is 2.27. The summed E-state index contributed by atoms with van der Waals surface area (Å²) in [6, 6.07) is 17.2. The number of benzene rings is 2. The molecule has 0 amide bonds. The van der Waals surface area contributed by atoms with Crippen LogP contribution >= 0.6 is 0 Å². The average molecular weight is 357 g/mol. The molecular weight excluding hydrogens is 337 g/mol. The molecular formula is C23H20FN3. The number of aromatic nitrogens is 2. The quantitative estimate of drug-likeness (QED) is 0.560. The fourth-order valence-corrected chi connectivity index (χ4v) is 3.33. The van der Waals surface area contributed by atoms with Crippen molar-refractivity contribution in [3.63, 3.8) is 0 Å². The Morgan fingerprint density at radius 3 is 2.74 bits per heavy atom. The summed E-state index contributed by atoms with van der Waals surface area (Å²) in [7, 11) is 0. The van der Waals surface area contributed by atoms with E-state index < -0.39 is 0 Å². The van der Waals surface area contributed by atoms with Crippen molar-refractivity contribution in [2.75, 3.05) is 0 Å². The Bertz CT molecular complexity index is 1160. The van der Waals surface area contributed by atoms with Crippen molar-refractivity contribution < 1.29 is 4.39 Å². The average Bonchev–Trinajstić information content (AvgIpc) is 3.08. The molecule has 2 heterocycles. The monoisotopic (exact) mass is 357 g/mol. The zero-order valence-corrected chi connectivity index (χ0v) is 15.1. The molecule has 0 saturated heterocycles. The van der Waals surface area contributed by atoms with Crippen molar-refractivity contribution in [3.05, 3.63) is 102 Å². The first kappa shape index (κ1) is 17.0. The van der Waals surface area contributed by atoms with Gasteiger partial charge < -0.3 is 5.73 Å². The first-order valence-electron chi connectivity index (χ1n) is 8.78. The van der Waals surface area contributed by atoms with Gasteiger partial charge in [0.15, 0.2) is 0 Å². The number of fused-ring (bicyclic) bond motifs is 1. The fraction of sp³-hybridized carbons (Fsp3) is 0.0870. The molecule has 4 aromatic rings. The van der Waals surface area contributed by atoms with Crippen LogP contribution in [0.25, 0.3) is 22.5 Å². The van der Waals surface area contributed by atoms with Gasteiger partial charge in [-0.15, -0.1) is 0 Å². The van der Waals surface area contributed by atoms with Crippen molar-refractivity contribution in [2.45, 2.75) is 13.3 Å². The third-order valence-corrected chi connectivity index (χ3v) is 4.80. The van der Waals surface area contributed by atoms with Gasteiger partial charge in [0.05, 0.1) is 17.6 Å². The van der Waals surface area contributed by atoms with Gasteiger partial charge in [0.1, 0.15) is 11.5 Å². The summed E-state index contributed by atoms with van der Waals surface area (Å²) < 4.78 is 16.0. The number of hydrogen-bond acceptors (Lipinski definition) is 2. The lowest BCUT2D eigenvalue weighted by Crippen LogP contribution is -1.99. The van der Waals surface area contributed by atoms with Crippen LogP contribution in [0.1, 0.15) is 22.4 Å². The van der Waals surface area contributed by atoms with Crippen molar-refractivity contribution in [2.24, 2.45) is 5.73 Å². The van der Waals surface area contributed by atoms with Gasteiger partial charge in [-0.25, -0.2) is 9.37 Å². The summed E-state index contributed by atoms with van der Waals surface area (Å²) in [5, 5.41) is 0. The van der Waals surface area contributed by atoms with Crippen molar-refractivity contribution in [1.29, 1.82) is 0 Å². The Morgan fingerprint density at radius 1 is 1.15 bits per heavy atom. The molecule has 0 aliphatic heterocycles. The number of rotatable bonds is 4. The van der Waals surface area contributed by atoms with E-state index in [0.29, 0.717) is 17.7 Å². The van der Waals surface area contributed by atoms with E-state index in [1.54, 1.807) is 12.3 Å². The van der Waals surface area contributed by atoms with Crippen LogP contribution in [0.15, 0.2) is 73.6 Å². The van der Waals surface area contributed by atoms with Gasteiger partial charge in [-0.2, -0.15) is 0 Å². The zero-order valence-electron chi connectivity index (χ0n) is 15.1. The molecule has 2 N–H and O–H groups in total. The fourth-order valence-electron chi connectivity index (χ4n) is 3.33. The number of nitrogens with two attached hydrogens (primary N) is 1. The van der Waals surface area contributed by atoms with Crippen LogP contribution in [0, 0.1) is 12.7 Å². The molecule has 0 saturated carbocycles. The van der Waals surface area contributed by atoms with Gasteiger partial charge >= 0.3 is 0 Å². The second kappa shape index (κ2) is 6.72. The lowest BCUT2D eigenvalue weighted by Gasteiger charge is -2.11. The van der Waals surface area contributed by atoms with Crippen LogP contribution < -0.4 is 5.73 Å². The molecule has 4 heteroatoms. The summed E-state index contributed by atoms with van der Waals surface area (Å²) in [5.41, 5.74) is 13.0. The van der Waals surface area contributed by atoms with Gasteiger partial charge in [-0.1, -0.05) is 43.0 Å². The number of nitrogens with zero attached hydrogens (tertiary/aromatic N) is 2. The van der Waals surface area contributed by atoms with Gasteiger partial charge in [0.2, 0.25) is 0 Å². The molecule has 0 radical (unpaired) electrons. The van der Waals surface area contributed by atoms with Crippen LogP contribution in [-0.2, 0) is 6.42 Å². The molecule has 0 atom stereocenters. The number of hydrogen-bond donors (Lipinski definition) is 1. The third-order valence-electron chi connectivity index (χ3n) is 4.80. The predicted octanol–water partition coefficient (Wildman–Crippen LogP) is 4.97. The van der Waals surface area contributed by atoms with Gasteiger partial charge in [-0.3, -0.25) is 4.40 Å². The maximum Gasteiger partial charge on any atom is 0.137 e. The van der Waals surface area contributed by atoms with Crippen LogP contribution in [0.5, 0.6) is 0 Å². The molecule has 3 nitrogen and oxygen atoms in total. The minimum atomic E-state index is -0.175. The highest BCUT2D eigenvalue weighted by Gasteiger charge is 2.10. The van der Waals surface area contributed by atoms with Crippen LogP contribution in [0.2, 0.25) is 0 Å². The molecule has 0 fully saturated rings.